The van der Waals surface area contributed by atoms with Gasteiger partial charge in [0.2, 0.25) is 0 Å². The van der Waals surface area contributed by atoms with Crippen molar-refractivity contribution in [2.75, 3.05) is 12.0 Å². The number of imide groups is 1. The minimum Gasteiger partial charge on any atom is -0.496 e. The Kier molecular flexibility index (Phi) is 5.42. The van der Waals surface area contributed by atoms with Gasteiger partial charge in [0, 0.05) is 17.2 Å². The van der Waals surface area contributed by atoms with Crippen molar-refractivity contribution in [1.29, 1.82) is 0 Å². The molecule has 0 fully saturated rings. The molecule has 1 heterocycles. The highest BCUT2D eigenvalue weighted by Crippen LogP contribution is 2.23. The summed E-state index contributed by atoms with van der Waals surface area (Å²) in [5.41, 5.74) is 6.72. The van der Waals surface area contributed by atoms with E-state index in [4.69, 9.17) is 26.9 Å². The van der Waals surface area contributed by atoms with Gasteiger partial charge in [-0.15, -0.1) is 0 Å². The van der Waals surface area contributed by atoms with Gasteiger partial charge in [-0.05, 0) is 42.5 Å². The lowest BCUT2D eigenvalue weighted by atomic mass is 10.2. The predicted octanol–water partition coefficient (Wildman–Crippen LogP) is 2.26. The molecule has 0 radical (unpaired) electrons. The molecule has 2 amide bonds. The van der Waals surface area contributed by atoms with Gasteiger partial charge in [0.15, 0.2) is 5.84 Å². The maximum Gasteiger partial charge on any atom is 0.365 e. The molecule has 9 heteroatoms. The number of methoxy groups -OCH3 is 1. The summed E-state index contributed by atoms with van der Waals surface area (Å²) in [6, 6.07) is 10.5. The predicted molar refractivity (Wildman–Crippen MR) is 102 cm³/mol. The Morgan fingerprint density at radius 2 is 1.71 bits per heavy atom. The van der Waals surface area contributed by atoms with Gasteiger partial charge in [-0.2, -0.15) is 0 Å². The van der Waals surface area contributed by atoms with Crippen molar-refractivity contribution in [3.63, 3.8) is 0 Å². The average Bonchev–Trinajstić information content (AvgIpc) is 3.04. The molecule has 28 heavy (non-hydrogen) atoms. The van der Waals surface area contributed by atoms with Gasteiger partial charge < -0.3 is 15.3 Å². The number of nitrogens with zero attached hydrogens (tertiary/aromatic N) is 2. The van der Waals surface area contributed by atoms with E-state index in [9.17, 15) is 14.4 Å². The number of nitrogens with two attached hydrogens (primary N) is 1. The van der Waals surface area contributed by atoms with E-state index in [1.165, 1.54) is 49.6 Å². The number of anilines is 1. The molecule has 142 valence electrons. The van der Waals surface area contributed by atoms with Crippen LogP contribution >= 0.6 is 11.6 Å². The van der Waals surface area contributed by atoms with Gasteiger partial charge in [0.25, 0.3) is 11.8 Å². The summed E-state index contributed by atoms with van der Waals surface area (Å²) in [5, 5.41) is 4.04. The third-order valence-electron chi connectivity index (χ3n) is 3.83. The minimum atomic E-state index is -0.771. The number of oxime groups is 1. The number of hydrogen-bond acceptors (Lipinski definition) is 6. The monoisotopic (exact) mass is 399 g/mol. The molecule has 0 saturated carbocycles. The lowest BCUT2D eigenvalue weighted by Gasteiger charge is -2.13. The van der Waals surface area contributed by atoms with E-state index in [2.05, 4.69) is 5.16 Å². The molecule has 2 aromatic rings. The summed E-state index contributed by atoms with van der Waals surface area (Å²) < 4.78 is 5.17. The van der Waals surface area contributed by atoms with Crippen LogP contribution in [0.5, 0.6) is 5.75 Å². The highest BCUT2D eigenvalue weighted by atomic mass is 35.5. The second-order valence-corrected chi connectivity index (χ2v) is 6.03. The standard InChI is InChI=1S/C19H14ClN3O5/c1-27-15-7-4-12(20)10-14(15)18(21)22-28-19(26)11-2-5-13(6-3-11)23-16(24)8-9-17(23)25/h2-10H,1H3,(H2,21,22). The van der Waals surface area contributed by atoms with Gasteiger partial charge in [0.05, 0.1) is 23.9 Å². The van der Waals surface area contributed by atoms with Crippen LogP contribution in [0.15, 0.2) is 59.8 Å². The van der Waals surface area contributed by atoms with Crippen molar-refractivity contribution in [2.45, 2.75) is 0 Å². The van der Waals surface area contributed by atoms with E-state index in [0.717, 1.165) is 4.90 Å². The zero-order chi connectivity index (χ0) is 20.3. The van der Waals surface area contributed by atoms with Gasteiger partial charge >= 0.3 is 5.97 Å². The fraction of sp³-hybridized carbons (Fsp3) is 0.0526. The lowest BCUT2D eigenvalue weighted by Crippen LogP contribution is -2.29. The van der Waals surface area contributed by atoms with E-state index in [1.807, 2.05) is 0 Å². The Morgan fingerprint density at radius 3 is 2.32 bits per heavy atom. The highest BCUT2D eigenvalue weighted by Gasteiger charge is 2.25. The lowest BCUT2D eigenvalue weighted by molar-refractivity contribution is -0.119. The molecule has 2 aromatic carbocycles. The molecule has 0 aliphatic carbocycles. The van der Waals surface area contributed by atoms with Crippen LogP contribution in [0.2, 0.25) is 5.02 Å². The smallest absolute Gasteiger partial charge is 0.365 e. The van der Waals surface area contributed by atoms with E-state index in [1.54, 1.807) is 12.1 Å². The largest absolute Gasteiger partial charge is 0.496 e. The summed E-state index contributed by atoms with van der Waals surface area (Å²) in [7, 11) is 1.46. The molecule has 0 saturated heterocycles. The Bertz CT molecular complexity index is 997. The number of benzene rings is 2. The maximum absolute atomic E-state index is 12.2. The van der Waals surface area contributed by atoms with Crippen LogP contribution < -0.4 is 15.4 Å². The molecule has 3 rings (SSSR count). The Balaban J connectivity index is 1.73. The van der Waals surface area contributed by atoms with E-state index in [0.29, 0.717) is 22.0 Å². The zero-order valence-corrected chi connectivity index (χ0v) is 15.3. The molecular weight excluding hydrogens is 386 g/mol. The zero-order valence-electron chi connectivity index (χ0n) is 14.6. The molecule has 0 bridgehead atoms. The fourth-order valence-corrected chi connectivity index (χ4v) is 2.65. The SMILES string of the molecule is COc1ccc(Cl)cc1/C(N)=N/OC(=O)c1ccc(N2C(=O)C=CC2=O)cc1. The first-order valence-corrected chi connectivity index (χ1v) is 8.33. The first-order valence-electron chi connectivity index (χ1n) is 7.95. The average molecular weight is 400 g/mol. The number of carbonyl (C=O) groups excluding carboxylic acids is 3. The van der Waals surface area contributed by atoms with E-state index in [-0.39, 0.29) is 11.4 Å². The van der Waals surface area contributed by atoms with Crippen LogP contribution in [0.3, 0.4) is 0 Å². The summed E-state index contributed by atoms with van der Waals surface area (Å²) in [6.07, 6.45) is 2.35. The van der Waals surface area contributed by atoms with Crippen LogP contribution in [0.25, 0.3) is 0 Å². The Labute approximate surface area is 164 Å². The Hall–Kier alpha value is -3.65. The number of rotatable bonds is 5. The van der Waals surface area contributed by atoms with Gasteiger partial charge in [-0.1, -0.05) is 16.8 Å². The minimum absolute atomic E-state index is 0.0938. The van der Waals surface area contributed by atoms with Crippen LogP contribution in [-0.2, 0) is 14.4 Å². The normalized spacial score (nSPS) is 13.8. The summed E-state index contributed by atoms with van der Waals surface area (Å²) in [5.74, 6) is -1.35. The second-order valence-electron chi connectivity index (χ2n) is 5.59. The van der Waals surface area contributed by atoms with Crippen LogP contribution in [0, 0.1) is 0 Å². The molecule has 0 aromatic heterocycles. The third-order valence-corrected chi connectivity index (χ3v) is 4.07. The van der Waals surface area contributed by atoms with Crippen molar-refractivity contribution < 1.29 is 24.0 Å². The molecule has 0 spiro atoms. The number of amidine groups is 1. The molecule has 0 unspecified atom stereocenters. The quantitative estimate of drug-likeness (QED) is 0.271. The van der Waals surface area contributed by atoms with Crippen molar-refractivity contribution in [3.05, 3.63) is 70.8 Å². The van der Waals surface area contributed by atoms with Gasteiger partial charge in [0.1, 0.15) is 5.75 Å². The number of amides is 2. The van der Waals surface area contributed by atoms with Crippen molar-refractivity contribution >= 4 is 40.9 Å². The highest BCUT2D eigenvalue weighted by molar-refractivity contribution is 6.31. The van der Waals surface area contributed by atoms with Crippen molar-refractivity contribution in [1.82, 2.24) is 0 Å². The number of carbonyl (C=O) groups is 3. The first kappa shape index (κ1) is 19.1. The number of halogens is 1. The molecule has 8 nitrogen and oxygen atoms in total. The summed E-state index contributed by atoms with van der Waals surface area (Å²) in [4.78, 5) is 41.3. The molecule has 0 atom stereocenters. The summed E-state index contributed by atoms with van der Waals surface area (Å²) in [6.45, 7) is 0. The Morgan fingerprint density at radius 1 is 1.07 bits per heavy atom. The van der Waals surface area contributed by atoms with E-state index < -0.39 is 17.8 Å². The van der Waals surface area contributed by atoms with Crippen LogP contribution in [0.4, 0.5) is 5.69 Å². The first-order chi connectivity index (χ1) is 13.4. The van der Waals surface area contributed by atoms with E-state index >= 15 is 0 Å². The van der Waals surface area contributed by atoms with Crippen molar-refractivity contribution in [3.8, 4) is 5.75 Å². The third kappa shape index (κ3) is 3.86. The molecule has 1 aliphatic heterocycles. The van der Waals surface area contributed by atoms with Crippen LogP contribution in [0.1, 0.15) is 15.9 Å². The fourth-order valence-electron chi connectivity index (χ4n) is 2.47. The number of hydrogen-bond donors (Lipinski definition) is 1. The van der Waals surface area contributed by atoms with Gasteiger partial charge in [-0.3, -0.25) is 9.59 Å². The molecule has 1 aliphatic rings. The number of ether oxygens (including phenoxy) is 1. The maximum atomic E-state index is 12.2. The van der Waals surface area contributed by atoms with Gasteiger partial charge in [-0.25, -0.2) is 9.69 Å². The summed E-state index contributed by atoms with van der Waals surface area (Å²) >= 11 is 5.94. The van der Waals surface area contributed by atoms with Crippen molar-refractivity contribution in [2.24, 2.45) is 10.9 Å². The molecule has 2 N–H and O–H groups in total. The van der Waals surface area contributed by atoms with Crippen LogP contribution in [-0.4, -0.2) is 30.7 Å². The topological polar surface area (TPSA) is 111 Å². The molecular formula is C19H14ClN3O5. The second kappa shape index (κ2) is 7.93.